The molecule has 1 fully saturated rings. The van der Waals surface area contributed by atoms with Crippen LogP contribution in [-0.2, 0) is 0 Å². The van der Waals surface area contributed by atoms with Gasteiger partial charge in [-0.2, -0.15) is 0 Å². The third-order valence-corrected chi connectivity index (χ3v) is 3.87. The zero-order chi connectivity index (χ0) is 15.2. The van der Waals surface area contributed by atoms with Crippen molar-refractivity contribution in [2.75, 3.05) is 25.0 Å². The Morgan fingerprint density at radius 3 is 2.95 bits per heavy atom. The molecule has 0 bridgehead atoms. The summed E-state index contributed by atoms with van der Waals surface area (Å²) < 4.78 is 0. The van der Waals surface area contributed by atoms with Crippen LogP contribution in [0.4, 0.5) is 5.95 Å². The maximum absolute atomic E-state index is 4.41. The van der Waals surface area contributed by atoms with E-state index in [-0.39, 0.29) is 0 Å². The Labute approximate surface area is 131 Å². The third-order valence-electron chi connectivity index (χ3n) is 3.87. The molecule has 3 rings (SSSR count). The molecule has 1 saturated heterocycles. The molecule has 1 atom stereocenters. The van der Waals surface area contributed by atoms with Crippen molar-refractivity contribution in [3.05, 3.63) is 59.9 Å². The summed E-state index contributed by atoms with van der Waals surface area (Å²) in [6.45, 7) is 5.13. The summed E-state index contributed by atoms with van der Waals surface area (Å²) in [6, 6.07) is 12.8. The Balaban J connectivity index is 1.47. The minimum Gasteiger partial charge on any atom is -0.350 e. The molecule has 0 saturated carbocycles. The van der Waals surface area contributed by atoms with Gasteiger partial charge in [-0.05, 0) is 25.0 Å². The van der Waals surface area contributed by atoms with Crippen LogP contribution in [0.3, 0.4) is 0 Å². The molecule has 1 N–H and O–H groups in total. The van der Waals surface area contributed by atoms with Crippen LogP contribution in [0, 0.1) is 6.92 Å². The summed E-state index contributed by atoms with van der Waals surface area (Å²) >= 11 is 0. The van der Waals surface area contributed by atoms with Gasteiger partial charge in [0.15, 0.2) is 0 Å². The van der Waals surface area contributed by atoms with Gasteiger partial charge in [-0.1, -0.05) is 42.5 Å². The quantitative estimate of drug-likeness (QED) is 0.920. The number of nitrogens with zero attached hydrogens (tertiary/aromatic N) is 3. The van der Waals surface area contributed by atoms with Crippen LogP contribution in [0.25, 0.3) is 6.08 Å². The lowest BCUT2D eigenvalue weighted by atomic mass is 10.2. The first-order valence-corrected chi connectivity index (χ1v) is 7.80. The number of hydrogen-bond acceptors (Lipinski definition) is 4. The highest BCUT2D eigenvalue weighted by molar-refractivity contribution is 5.48. The lowest BCUT2D eigenvalue weighted by Gasteiger charge is -2.15. The zero-order valence-corrected chi connectivity index (χ0v) is 12.9. The molecule has 2 aromatic rings. The molecule has 0 aliphatic carbocycles. The molecule has 0 radical (unpaired) electrons. The van der Waals surface area contributed by atoms with Gasteiger partial charge in [-0.15, -0.1) is 0 Å². The van der Waals surface area contributed by atoms with Crippen LogP contribution >= 0.6 is 0 Å². The van der Waals surface area contributed by atoms with E-state index >= 15 is 0 Å². The van der Waals surface area contributed by atoms with Crippen LogP contribution in [0.15, 0.2) is 48.7 Å². The first-order chi connectivity index (χ1) is 10.8. The Kier molecular flexibility index (Phi) is 4.81. The minimum absolute atomic E-state index is 0.437. The van der Waals surface area contributed by atoms with Gasteiger partial charge >= 0.3 is 0 Å². The number of likely N-dealkylation sites (tertiary alicyclic amines) is 1. The van der Waals surface area contributed by atoms with Crippen molar-refractivity contribution in [3.63, 3.8) is 0 Å². The standard InChI is InChI=1S/C18H22N4/c1-15-9-11-19-18(20-15)21-17-10-13-22(14-17)12-5-8-16-6-3-2-4-7-16/h2-9,11,17H,10,12-14H2,1H3,(H,19,20,21)/b8-5+. The van der Waals surface area contributed by atoms with Gasteiger partial charge in [0, 0.05) is 37.6 Å². The molecule has 1 aromatic carbocycles. The molecule has 4 nitrogen and oxygen atoms in total. The van der Waals surface area contributed by atoms with Crippen LogP contribution < -0.4 is 5.32 Å². The van der Waals surface area contributed by atoms with Gasteiger partial charge in [-0.25, -0.2) is 9.97 Å². The Bertz CT molecular complexity index is 624. The van der Waals surface area contributed by atoms with Crippen molar-refractivity contribution in [3.8, 4) is 0 Å². The summed E-state index contributed by atoms with van der Waals surface area (Å²) in [5.74, 6) is 0.742. The maximum atomic E-state index is 4.41. The van der Waals surface area contributed by atoms with Crippen molar-refractivity contribution in [2.45, 2.75) is 19.4 Å². The van der Waals surface area contributed by atoms with Crippen molar-refractivity contribution in [2.24, 2.45) is 0 Å². The van der Waals surface area contributed by atoms with Gasteiger partial charge < -0.3 is 5.32 Å². The normalized spacial score (nSPS) is 18.9. The SMILES string of the molecule is Cc1ccnc(NC2CCN(C/C=C/c3ccccc3)C2)n1. The fraction of sp³-hybridized carbons (Fsp3) is 0.333. The Morgan fingerprint density at radius 1 is 1.27 bits per heavy atom. The molecule has 1 aliphatic rings. The molecule has 1 unspecified atom stereocenters. The number of aryl methyl sites for hydroxylation is 1. The summed E-state index contributed by atoms with van der Waals surface area (Å²) in [4.78, 5) is 11.1. The number of rotatable bonds is 5. The van der Waals surface area contributed by atoms with E-state index in [9.17, 15) is 0 Å². The summed E-state index contributed by atoms with van der Waals surface area (Å²) in [7, 11) is 0. The smallest absolute Gasteiger partial charge is 0.223 e. The topological polar surface area (TPSA) is 41.1 Å². The monoisotopic (exact) mass is 294 g/mol. The summed E-state index contributed by atoms with van der Waals surface area (Å²) in [6.07, 6.45) is 7.36. The number of aromatic nitrogens is 2. The first kappa shape index (κ1) is 14.7. The highest BCUT2D eigenvalue weighted by Crippen LogP contribution is 2.13. The van der Waals surface area contributed by atoms with E-state index in [1.165, 1.54) is 5.56 Å². The van der Waals surface area contributed by atoms with Gasteiger partial charge in [0.1, 0.15) is 0 Å². The molecular weight excluding hydrogens is 272 g/mol. The number of hydrogen-bond donors (Lipinski definition) is 1. The fourth-order valence-corrected chi connectivity index (χ4v) is 2.72. The van der Waals surface area contributed by atoms with E-state index in [0.717, 1.165) is 37.7 Å². The van der Waals surface area contributed by atoms with Gasteiger partial charge in [0.05, 0.1) is 0 Å². The first-order valence-electron chi connectivity index (χ1n) is 7.80. The lowest BCUT2D eigenvalue weighted by Crippen LogP contribution is -2.27. The average Bonchev–Trinajstić information content (AvgIpc) is 2.96. The fourth-order valence-electron chi connectivity index (χ4n) is 2.72. The van der Waals surface area contributed by atoms with Crippen molar-refractivity contribution in [1.29, 1.82) is 0 Å². The van der Waals surface area contributed by atoms with Crippen LogP contribution in [0.1, 0.15) is 17.7 Å². The van der Waals surface area contributed by atoms with E-state index in [2.05, 4.69) is 56.6 Å². The van der Waals surface area contributed by atoms with E-state index in [1.54, 1.807) is 6.20 Å². The lowest BCUT2D eigenvalue weighted by molar-refractivity contribution is 0.374. The molecule has 1 aromatic heterocycles. The molecule has 0 amide bonds. The van der Waals surface area contributed by atoms with Gasteiger partial charge in [-0.3, -0.25) is 4.90 Å². The minimum atomic E-state index is 0.437. The van der Waals surface area contributed by atoms with Crippen LogP contribution in [0.5, 0.6) is 0 Å². The van der Waals surface area contributed by atoms with Crippen molar-refractivity contribution in [1.82, 2.24) is 14.9 Å². The molecule has 0 spiro atoms. The summed E-state index contributed by atoms with van der Waals surface area (Å²) in [5, 5.41) is 3.43. The second kappa shape index (κ2) is 7.18. The molecule has 4 heteroatoms. The number of nitrogens with one attached hydrogen (secondary N) is 1. The largest absolute Gasteiger partial charge is 0.350 e. The van der Waals surface area contributed by atoms with E-state index < -0.39 is 0 Å². The molecular formula is C18H22N4. The molecule has 114 valence electrons. The predicted octanol–water partition coefficient (Wildman–Crippen LogP) is 2.98. The molecule has 1 aliphatic heterocycles. The third kappa shape index (κ3) is 4.15. The zero-order valence-electron chi connectivity index (χ0n) is 12.9. The number of anilines is 1. The molecule has 2 heterocycles. The van der Waals surface area contributed by atoms with Crippen molar-refractivity contribution >= 4 is 12.0 Å². The molecule has 22 heavy (non-hydrogen) atoms. The van der Waals surface area contributed by atoms with E-state index in [0.29, 0.717) is 6.04 Å². The summed E-state index contributed by atoms with van der Waals surface area (Å²) in [5.41, 5.74) is 2.25. The van der Waals surface area contributed by atoms with Gasteiger partial charge in [0.25, 0.3) is 0 Å². The average molecular weight is 294 g/mol. The highest BCUT2D eigenvalue weighted by Gasteiger charge is 2.21. The van der Waals surface area contributed by atoms with Crippen LogP contribution in [-0.4, -0.2) is 40.5 Å². The van der Waals surface area contributed by atoms with Crippen LogP contribution in [0.2, 0.25) is 0 Å². The van der Waals surface area contributed by atoms with E-state index in [4.69, 9.17) is 0 Å². The van der Waals surface area contributed by atoms with E-state index in [1.807, 2.05) is 19.1 Å². The second-order valence-electron chi connectivity index (χ2n) is 5.72. The second-order valence-corrected chi connectivity index (χ2v) is 5.72. The predicted molar refractivity (Wildman–Crippen MR) is 90.7 cm³/mol. The maximum Gasteiger partial charge on any atom is 0.223 e. The highest BCUT2D eigenvalue weighted by atomic mass is 15.2. The van der Waals surface area contributed by atoms with Crippen molar-refractivity contribution < 1.29 is 0 Å². The number of benzene rings is 1. The Hall–Kier alpha value is -2.20. The Morgan fingerprint density at radius 2 is 2.14 bits per heavy atom. The van der Waals surface area contributed by atoms with Gasteiger partial charge in [0.2, 0.25) is 5.95 Å².